The van der Waals surface area contributed by atoms with E-state index in [-0.39, 0.29) is 0 Å². The molecule has 0 aliphatic rings. The highest BCUT2D eigenvalue weighted by Crippen LogP contribution is 2.21. The summed E-state index contributed by atoms with van der Waals surface area (Å²) in [5, 5.41) is 3.56. The molecular weight excluding hydrogens is 244 g/mol. The molecule has 2 heteroatoms. The molecule has 0 saturated heterocycles. The lowest BCUT2D eigenvalue weighted by Gasteiger charge is -2.20. The van der Waals surface area contributed by atoms with E-state index in [2.05, 4.69) is 67.5 Å². The van der Waals surface area contributed by atoms with Gasteiger partial charge in [-0.25, -0.2) is 0 Å². The molecule has 0 aliphatic heterocycles. The average molecular weight is 268 g/mol. The maximum absolute atomic E-state index is 4.27. The number of rotatable bonds is 6. The van der Waals surface area contributed by atoms with Crippen LogP contribution in [0.25, 0.3) is 0 Å². The Morgan fingerprint density at radius 3 is 2.50 bits per heavy atom. The standard InChI is InChI=1S/C18H24N2/c1-14(2)20-13-18(16-7-5-4-6-8-16)11-17-12-19-10-9-15(17)3/h4-10,12,14,18,20H,11,13H2,1-3H3. The van der Waals surface area contributed by atoms with E-state index in [1.54, 1.807) is 0 Å². The zero-order valence-electron chi connectivity index (χ0n) is 12.6. The van der Waals surface area contributed by atoms with Crippen molar-refractivity contribution < 1.29 is 0 Å². The molecule has 0 fully saturated rings. The van der Waals surface area contributed by atoms with Gasteiger partial charge in [0, 0.05) is 30.9 Å². The third-order valence-corrected chi connectivity index (χ3v) is 3.66. The van der Waals surface area contributed by atoms with Gasteiger partial charge in [0.15, 0.2) is 0 Å². The van der Waals surface area contributed by atoms with Crippen molar-refractivity contribution in [2.75, 3.05) is 6.54 Å². The fraction of sp³-hybridized carbons (Fsp3) is 0.389. The Kier molecular flexibility index (Phi) is 5.31. The van der Waals surface area contributed by atoms with Gasteiger partial charge in [0.1, 0.15) is 0 Å². The summed E-state index contributed by atoms with van der Waals surface area (Å²) in [7, 11) is 0. The van der Waals surface area contributed by atoms with Gasteiger partial charge in [-0.3, -0.25) is 4.98 Å². The van der Waals surface area contributed by atoms with Crippen LogP contribution in [-0.4, -0.2) is 17.6 Å². The molecule has 106 valence electrons. The van der Waals surface area contributed by atoms with Crippen LogP contribution in [0.5, 0.6) is 0 Å². The minimum Gasteiger partial charge on any atom is -0.314 e. The molecule has 1 unspecified atom stereocenters. The number of hydrogen-bond acceptors (Lipinski definition) is 2. The van der Waals surface area contributed by atoms with Crippen molar-refractivity contribution in [3.8, 4) is 0 Å². The summed E-state index contributed by atoms with van der Waals surface area (Å²) in [5.74, 6) is 0.487. The summed E-state index contributed by atoms with van der Waals surface area (Å²) in [6.07, 6.45) is 4.90. The molecule has 2 aromatic rings. The molecule has 1 aromatic heterocycles. The Labute approximate surface area is 122 Å². The number of nitrogens with one attached hydrogen (secondary N) is 1. The second-order valence-electron chi connectivity index (χ2n) is 5.68. The summed E-state index contributed by atoms with van der Waals surface area (Å²) in [5.41, 5.74) is 4.06. The van der Waals surface area contributed by atoms with E-state index in [1.807, 2.05) is 12.4 Å². The third kappa shape index (κ3) is 4.17. The van der Waals surface area contributed by atoms with Crippen LogP contribution in [0.3, 0.4) is 0 Å². The van der Waals surface area contributed by atoms with Crippen LogP contribution in [0.2, 0.25) is 0 Å². The van der Waals surface area contributed by atoms with Crippen molar-refractivity contribution in [3.63, 3.8) is 0 Å². The molecule has 0 bridgehead atoms. The Bertz CT molecular complexity index is 520. The van der Waals surface area contributed by atoms with Crippen molar-refractivity contribution in [1.29, 1.82) is 0 Å². The molecule has 1 N–H and O–H groups in total. The quantitative estimate of drug-likeness (QED) is 0.864. The van der Waals surface area contributed by atoms with Gasteiger partial charge < -0.3 is 5.32 Å². The maximum atomic E-state index is 4.27. The topological polar surface area (TPSA) is 24.9 Å². The third-order valence-electron chi connectivity index (χ3n) is 3.66. The highest BCUT2D eigenvalue weighted by molar-refractivity contribution is 5.27. The SMILES string of the molecule is Cc1ccncc1CC(CNC(C)C)c1ccccc1. The van der Waals surface area contributed by atoms with Crippen molar-refractivity contribution in [2.24, 2.45) is 0 Å². The first-order valence-corrected chi connectivity index (χ1v) is 7.34. The van der Waals surface area contributed by atoms with Gasteiger partial charge in [-0.05, 0) is 36.1 Å². The smallest absolute Gasteiger partial charge is 0.0302 e. The molecule has 20 heavy (non-hydrogen) atoms. The van der Waals surface area contributed by atoms with Crippen LogP contribution in [0.1, 0.15) is 36.5 Å². The largest absolute Gasteiger partial charge is 0.314 e. The zero-order chi connectivity index (χ0) is 14.4. The van der Waals surface area contributed by atoms with E-state index >= 15 is 0 Å². The minimum absolute atomic E-state index is 0.487. The number of aryl methyl sites for hydroxylation is 1. The first kappa shape index (κ1) is 14.7. The number of pyridine rings is 1. The van der Waals surface area contributed by atoms with Gasteiger partial charge in [0.25, 0.3) is 0 Å². The molecule has 1 heterocycles. The monoisotopic (exact) mass is 268 g/mol. The van der Waals surface area contributed by atoms with E-state index in [4.69, 9.17) is 0 Å². The predicted octanol–water partition coefficient (Wildman–Crippen LogP) is 3.71. The Balaban J connectivity index is 2.16. The molecule has 0 amide bonds. The van der Waals surface area contributed by atoms with Crippen LogP contribution in [0, 0.1) is 6.92 Å². The molecule has 0 saturated carbocycles. The van der Waals surface area contributed by atoms with E-state index < -0.39 is 0 Å². The molecule has 2 rings (SSSR count). The van der Waals surface area contributed by atoms with E-state index in [0.29, 0.717) is 12.0 Å². The molecular formula is C18H24N2. The highest BCUT2D eigenvalue weighted by Gasteiger charge is 2.14. The molecule has 0 spiro atoms. The van der Waals surface area contributed by atoms with E-state index in [9.17, 15) is 0 Å². The first-order valence-electron chi connectivity index (χ1n) is 7.34. The molecule has 0 radical (unpaired) electrons. The lowest BCUT2D eigenvalue weighted by Crippen LogP contribution is -2.29. The van der Waals surface area contributed by atoms with Crippen LogP contribution in [-0.2, 0) is 6.42 Å². The summed E-state index contributed by atoms with van der Waals surface area (Å²) in [4.78, 5) is 4.27. The van der Waals surface area contributed by atoms with Gasteiger partial charge in [0.2, 0.25) is 0 Å². The molecule has 0 aliphatic carbocycles. The van der Waals surface area contributed by atoms with E-state index in [0.717, 1.165) is 13.0 Å². The van der Waals surface area contributed by atoms with Crippen LogP contribution >= 0.6 is 0 Å². The first-order chi connectivity index (χ1) is 9.66. The second kappa shape index (κ2) is 7.20. The normalized spacial score (nSPS) is 12.6. The van der Waals surface area contributed by atoms with Crippen molar-refractivity contribution in [3.05, 3.63) is 65.5 Å². The van der Waals surface area contributed by atoms with Crippen molar-refractivity contribution in [1.82, 2.24) is 10.3 Å². The van der Waals surface area contributed by atoms with Crippen LogP contribution in [0.4, 0.5) is 0 Å². The second-order valence-corrected chi connectivity index (χ2v) is 5.68. The average Bonchev–Trinajstić information content (AvgIpc) is 2.46. The Morgan fingerprint density at radius 1 is 1.10 bits per heavy atom. The molecule has 1 aromatic carbocycles. The fourth-order valence-electron chi connectivity index (χ4n) is 2.39. The zero-order valence-corrected chi connectivity index (χ0v) is 12.6. The number of benzene rings is 1. The lowest BCUT2D eigenvalue weighted by molar-refractivity contribution is 0.526. The summed E-state index contributed by atoms with van der Waals surface area (Å²) in [6.45, 7) is 7.54. The van der Waals surface area contributed by atoms with Gasteiger partial charge in [-0.1, -0.05) is 44.2 Å². The lowest BCUT2D eigenvalue weighted by atomic mass is 9.91. The van der Waals surface area contributed by atoms with Gasteiger partial charge in [-0.2, -0.15) is 0 Å². The maximum Gasteiger partial charge on any atom is 0.0302 e. The van der Waals surface area contributed by atoms with Gasteiger partial charge >= 0.3 is 0 Å². The van der Waals surface area contributed by atoms with Crippen molar-refractivity contribution >= 4 is 0 Å². The van der Waals surface area contributed by atoms with Crippen LogP contribution < -0.4 is 5.32 Å². The van der Waals surface area contributed by atoms with Gasteiger partial charge in [0.05, 0.1) is 0 Å². The highest BCUT2D eigenvalue weighted by atomic mass is 14.9. The summed E-state index contributed by atoms with van der Waals surface area (Å²) >= 11 is 0. The van der Waals surface area contributed by atoms with Crippen molar-refractivity contribution in [2.45, 2.75) is 39.2 Å². The van der Waals surface area contributed by atoms with Gasteiger partial charge in [-0.15, -0.1) is 0 Å². The number of hydrogen-bond donors (Lipinski definition) is 1. The van der Waals surface area contributed by atoms with E-state index in [1.165, 1.54) is 16.7 Å². The minimum atomic E-state index is 0.487. The Hall–Kier alpha value is -1.67. The fourth-order valence-corrected chi connectivity index (χ4v) is 2.39. The Morgan fingerprint density at radius 2 is 1.85 bits per heavy atom. The summed E-state index contributed by atoms with van der Waals surface area (Å²) < 4.78 is 0. The number of nitrogens with zero attached hydrogens (tertiary/aromatic N) is 1. The number of aromatic nitrogens is 1. The molecule has 1 atom stereocenters. The molecule has 2 nitrogen and oxygen atoms in total. The summed E-state index contributed by atoms with van der Waals surface area (Å²) in [6, 6.07) is 13.4. The predicted molar refractivity (Wildman–Crippen MR) is 85.0 cm³/mol. The van der Waals surface area contributed by atoms with Crippen LogP contribution in [0.15, 0.2) is 48.8 Å².